The number of anilines is 1. The van der Waals surface area contributed by atoms with Gasteiger partial charge in [0.15, 0.2) is 0 Å². The van der Waals surface area contributed by atoms with Crippen LogP contribution in [0, 0.1) is 17.1 Å². The molecule has 9 heteroatoms. The van der Waals surface area contributed by atoms with Crippen molar-refractivity contribution < 1.29 is 12.8 Å². The van der Waals surface area contributed by atoms with Gasteiger partial charge in [0.05, 0.1) is 28.9 Å². The minimum Gasteiger partial charge on any atom is -0.346 e. The molecular weight excluding hydrogens is 381 g/mol. The first-order valence-electron chi connectivity index (χ1n) is 8.27. The van der Waals surface area contributed by atoms with Gasteiger partial charge in [-0.1, -0.05) is 30.3 Å². The summed E-state index contributed by atoms with van der Waals surface area (Å²) in [5, 5.41) is 11.8. The van der Waals surface area contributed by atoms with Gasteiger partial charge >= 0.3 is 0 Å². The summed E-state index contributed by atoms with van der Waals surface area (Å²) in [6.07, 6.45) is 2.70. The van der Waals surface area contributed by atoms with Gasteiger partial charge in [-0.15, -0.1) is 0 Å². The second-order valence-electron chi connectivity index (χ2n) is 5.82. The van der Waals surface area contributed by atoms with Gasteiger partial charge in [-0.25, -0.2) is 27.5 Å². The van der Waals surface area contributed by atoms with E-state index in [1.165, 1.54) is 36.7 Å². The first kappa shape index (κ1) is 19.4. The van der Waals surface area contributed by atoms with Crippen LogP contribution in [-0.2, 0) is 10.0 Å². The van der Waals surface area contributed by atoms with Crippen LogP contribution in [0.25, 0.3) is 0 Å². The van der Waals surface area contributed by atoms with Crippen LogP contribution in [0.5, 0.6) is 0 Å². The van der Waals surface area contributed by atoms with Crippen LogP contribution in [0.2, 0.25) is 0 Å². The highest BCUT2D eigenvalue weighted by molar-refractivity contribution is 7.89. The highest BCUT2D eigenvalue weighted by Crippen LogP contribution is 2.18. The predicted octanol–water partition coefficient (Wildman–Crippen LogP) is 2.62. The quantitative estimate of drug-likeness (QED) is 0.635. The summed E-state index contributed by atoms with van der Waals surface area (Å²) in [5.74, 6) is -0.186. The van der Waals surface area contributed by atoms with E-state index in [0.29, 0.717) is 11.1 Å². The Hall–Kier alpha value is -3.35. The highest BCUT2D eigenvalue weighted by atomic mass is 32.2. The van der Waals surface area contributed by atoms with E-state index in [-0.39, 0.29) is 17.4 Å². The fourth-order valence-electron chi connectivity index (χ4n) is 2.44. The van der Waals surface area contributed by atoms with E-state index in [2.05, 4.69) is 20.0 Å². The van der Waals surface area contributed by atoms with Gasteiger partial charge in [0.1, 0.15) is 11.9 Å². The van der Waals surface area contributed by atoms with E-state index < -0.39 is 21.9 Å². The number of rotatable bonds is 7. The van der Waals surface area contributed by atoms with E-state index in [4.69, 9.17) is 5.26 Å². The Balaban J connectivity index is 1.81. The first-order valence-corrected chi connectivity index (χ1v) is 9.75. The van der Waals surface area contributed by atoms with Crippen molar-refractivity contribution in [1.82, 2.24) is 14.7 Å². The van der Waals surface area contributed by atoms with Gasteiger partial charge < -0.3 is 5.32 Å². The Morgan fingerprint density at radius 2 is 1.68 bits per heavy atom. The second kappa shape index (κ2) is 8.56. The Morgan fingerprint density at radius 3 is 2.29 bits per heavy atom. The van der Waals surface area contributed by atoms with Gasteiger partial charge in [0, 0.05) is 6.54 Å². The Bertz CT molecular complexity index is 1070. The number of hydrogen-bond donors (Lipinski definition) is 2. The lowest BCUT2D eigenvalue weighted by Gasteiger charge is -2.20. The normalized spacial score (nSPS) is 12.1. The molecule has 2 N–H and O–H groups in total. The van der Waals surface area contributed by atoms with Crippen molar-refractivity contribution in [3.63, 3.8) is 0 Å². The third-order valence-corrected chi connectivity index (χ3v) is 5.33. The average molecular weight is 397 g/mol. The Kier molecular flexibility index (Phi) is 5.93. The number of nitrogens with one attached hydrogen (secondary N) is 2. The van der Waals surface area contributed by atoms with Crippen LogP contribution < -0.4 is 10.0 Å². The Morgan fingerprint density at radius 1 is 1.04 bits per heavy atom. The number of halogens is 1. The van der Waals surface area contributed by atoms with Gasteiger partial charge in [0.25, 0.3) is 0 Å². The zero-order valence-electron chi connectivity index (χ0n) is 14.6. The molecular formula is C19H16FN5O2S. The summed E-state index contributed by atoms with van der Waals surface area (Å²) in [7, 11) is -3.72. The van der Waals surface area contributed by atoms with Gasteiger partial charge in [-0.05, 0) is 29.8 Å². The molecule has 3 rings (SSSR count). The monoisotopic (exact) mass is 397 g/mol. The summed E-state index contributed by atoms with van der Waals surface area (Å²) < 4.78 is 40.8. The van der Waals surface area contributed by atoms with Crippen molar-refractivity contribution in [3.8, 4) is 6.07 Å². The molecule has 7 nitrogen and oxygen atoms in total. The SMILES string of the molecule is N#Cc1cnc(NC(CNS(=O)(=O)c2ccccc2)c2ccc(F)cc2)nc1. The zero-order valence-corrected chi connectivity index (χ0v) is 15.4. The van der Waals surface area contributed by atoms with Crippen molar-refractivity contribution in [2.45, 2.75) is 10.9 Å². The Labute approximate surface area is 161 Å². The first-order chi connectivity index (χ1) is 13.5. The molecule has 3 aromatic rings. The zero-order chi connectivity index (χ0) is 20.0. The molecule has 2 aromatic carbocycles. The third-order valence-electron chi connectivity index (χ3n) is 3.89. The molecule has 0 spiro atoms. The van der Waals surface area contributed by atoms with Crippen molar-refractivity contribution in [2.75, 3.05) is 11.9 Å². The molecule has 1 aromatic heterocycles. The third kappa shape index (κ3) is 4.88. The van der Waals surface area contributed by atoms with Crippen molar-refractivity contribution >= 4 is 16.0 Å². The van der Waals surface area contributed by atoms with E-state index in [1.807, 2.05) is 6.07 Å². The molecule has 142 valence electrons. The molecule has 0 aliphatic carbocycles. The van der Waals surface area contributed by atoms with E-state index in [1.54, 1.807) is 30.3 Å². The minimum atomic E-state index is -3.72. The average Bonchev–Trinajstić information content (AvgIpc) is 2.73. The lowest BCUT2D eigenvalue weighted by Crippen LogP contribution is -2.32. The maximum Gasteiger partial charge on any atom is 0.240 e. The van der Waals surface area contributed by atoms with Crippen LogP contribution >= 0.6 is 0 Å². The van der Waals surface area contributed by atoms with Crippen molar-refractivity contribution in [3.05, 3.63) is 83.9 Å². The number of nitrogens with zero attached hydrogens (tertiary/aromatic N) is 3. The predicted molar refractivity (Wildman–Crippen MR) is 101 cm³/mol. The molecule has 0 saturated carbocycles. The fourth-order valence-corrected chi connectivity index (χ4v) is 3.51. The molecule has 0 radical (unpaired) electrons. The van der Waals surface area contributed by atoms with E-state index in [9.17, 15) is 12.8 Å². The summed E-state index contributed by atoms with van der Waals surface area (Å²) in [6, 6.07) is 15.0. The molecule has 1 unspecified atom stereocenters. The maximum absolute atomic E-state index is 13.3. The molecule has 0 amide bonds. The molecule has 0 aliphatic heterocycles. The van der Waals surface area contributed by atoms with Crippen molar-refractivity contribution in [1.29, 1.82) is 5.26 Å². The maximum atomic E-state index is 13.3. The van der Waals surface area contributed by atoms with Crippen molar-refractivity contribution in [2.24, 2.45) is 0 Å². The van der Waals surface area contributed by atoms with E-state index in [0.717, 1.165) is 0 Å². The molecule has 28 heavy (non-hydrogen) atoms. The number of benzene rings is 2. The minimum absolute atomic E-state index is 0.0216. The van der Waals surface area contributed by atoms with Crippen LogP contribution in [0.1, 0.15) is 17.2 Å². The second-order valence-corrected chi connectivity index (χ2v) is 7.59. The summed E-state index contributed by atoms with van der Waals surface area (Å²) in [4.78, 5) is 8.22. The highest BCUT2D eigenvalue weighted by Gasteiger charge is 2.19. The summed E-state index contributed by atoms with van der Waals surface area (Å²) >= 11 is 0. The lowest BCUT2D eigenvalue weighted by molar-refractivity contribution is 0.575. The standard InChI is InChI=1S/C19H16FN5O2S/c20-16-8-6-15(7-9-16)18(25-19-22-11-14(10-21)12-23-19)13-24-28(26,27)17-4-2-1-3-5-17/h1-9,11-12,18,24H,13H2,(H,22,23,25). The number of sulfonamides is 1. The molecule has 1 heterocycles. The largest absolute Gasteiger partial charge is 0.346 e. The molecule has 1 atom stereocenters. The van der Waals surface area contributed by atoms with Gasteiger partial charge in [-0.3, -0.25) is 0 Å². The lowest BCUT2D eigenvalue weighted by atomic mass is 10.1. The topological polar surface area (TPSA) is 108 Å². The summed E-state index contributed by atoms with van der Waals surface area (Å²) in [6.45, 7) is -0.0216. The van der Waals surface area contributed by atoms with Crippen LogP contribution in [0.4, 0.5) is 10.3 Å². The fraction of sp³-hybridized carbons (Fsp3) is 0.105. The molecule has 0 saturated heterocycles. The molecule has 0 aliphatic rings. The van der Waals surface area contributed by atoms with Crippen LogP contribution in [0.3, 0.4) is 0 Å². The van der Waals surface area contributed by atoms with Crippen LogP contribution in [-0.4, -0.2) is 24.9 Å². The molecule has 0 bridgehead atoms. The number of hydrogen-bond acceptors (Lipinski definition) is 6. The van der Waals surface area contributed by atoms with Gasteiger partial charge in [0.2, 0.25) is 16.0 Å². The van der Waals surface area contributed by atoms with Crippen LogP contribution in [0.15, 0.2) is 71.9 Å². The van der Waals surface area contributed by atoms with Gasteiger partial charge in [-0.2, -0.15) is 5.26 Å². The number of nitriles is 1. The summed E-state index contributed by atoms with van der Waals surface area (Å²) in [5.41, 5.74) is 0.943. The number of aromatic nitrogens is 2. The smallest absolute Gasteiger partial charge is 0.240 e. The molecule has 0 fully saturated rings. The van der Waals surface area contributed by atoms with E-state index >= 15 is 0 Å².